The lowest BCUT2D eigenvalue weighted by Crippen LogP contribution is -2.35. The smallest absolute Gasteiger partial charge is 0.410 e. The second-order valence-corrected chi connectivity index (χ2v) is 6.05. The Bertz CT molecular complexity index is 444. The number of aromatic nitrogens is 2. The van der Waals surface area contributed by atoms with Gasteiger partial charge in [0.1, 0.15) is 11.4 Å². The van der Waals surface area contributed by atoms with E-state index in [1.807, 2.05) is 20.8 Å². The van der Waals surface area contributed by atoms with E-state index in [-0.39, 0.29) is 6.09 Å². The zero-order valence-electron chi connectivity index (χ0n) is 12.3. The van der Waals surface area contributed by atoms with Crippen molar-refractivity contribution in [2.24, 2.45) is 5.92 Å². The molecule has 1 aromatic rings. The van der Waals surface area contributed by atoms with Crippen LogP contribution in [0.25, 0.3) is 0 Å². The monoisotopic (exact) mass is 278 g/mol. The topological polar surface area (TPSA) is 67.3 Å². The Kier molecular flexibility index (Phi) is 4.42. The third-order valence-corrected chi connectivity index (χ3v) is 3.07. The maximum atomic E-state index is 11.9. The van der Waals surface area contributed by atoms with Crippen molar-refractivity contribution in [2.45, 2.75) is 32.8 Å². The third-order valence-electron chi connectivity index (χ3n) is 3.07. The van der Waals surface area contributed by atoms with Gasteiger partial charge in [-0.1, -0.05) is 0 Å². The molecule has 6 nitrogen and oxygen atoms in total. The van der Waals surface area contributed by atoms with Crippen LogP contribution in [0.1, 0.15) is 27.2 Å². The number of likely N-dealkylation sites (tertiary alicyclic amines) is 1. The Morgan fingerprint density at radius 2 is 2.30 bits per heavy atom. The number of nitrogens with zero attached hydrogens (tertiary/aromatic N) is 3. The SMILES string of the molecule is CC(C)(C)OC(=O)N1CC[C@@H](CNc2cnccn2)C1. The number of carbonyl (C=O) groups is 1. The van der Waals surface area contributed by atoms with Crippen molar-refractivity contribution in [3.63, 3.8) is 0 Å². The van der Waals surface area contributed by atoms with Crippen LogP contribution in [0.15, 0.2) is 18.6 Å². The molecular weight excluding hydrogens is 256 g/mol. The van der Waals surface area contributed by atoms with E-state index >= 15 is 0 Å². The van der Waals surface area contributed by atoms with Gasteiger partial charge in [-0.25, -0.2) is 9.78 Å². The molecule has 6 heteroatoms. The van der Waals surface area contributed by atoms with Crippen molar-refractivity contribution in [1.82, 2.24) is 14.9 Å². The largest absolute Gasteiger partial charge is 0.444 e. The fraction of sp³-hybridized carbons (Fsp3) is 0.643. The van der Waals surface area contributed by atoms with Gasteiger partial charge in [-0.05, 0) is 33.1 Å². The predicted molar refractivity (Wildman–Crippen MR) is 76.4 cm³/mol. The van der Waals surface area contributed by atoms with E-state index in [1.54, 1.807) is 23.5 Å². The molecule has 0 aliphatic carbocycles. The van der Waals surface area contributed by atoms with Gasteiger partial charge >= 0.3 is 6.09 Å². The summed E-state index contributed by atoms with van der Waals surface area (Å²) in [6, 6.07) is 0. The first-order valence-electron chi connectivity index (χ1n) is 6.92. The Morgan fingerprint density at radius 1 is 1.50 bits per heavy atom. The van der Waals surface area contributed by atoms with Gasteiger partial charge in [0.05, 0.1) is 6.20 Å². The fourth-order valence-corrected chi connectivity index (χ4v) is 2.13. The minimum absolute atomic E-state index is 0.223. The van der Waals surface area contributed by atoms with Crippen molar-refractivity contribution in [3.05, 3.63) is 18.6 Å². The molecular formula is C14H22N4O2. The summed E-state index contributed by atoms with van der Waals surface area (Å²) in [5, 5.41) is 3.24. The molecule has 110 valence electrons. The molecule has 0 radical (unpaired) electrons. The lowest BCUT2D eigenvalue weighted by molar-refractivity contribution is 0.0289. The van der Waals surface area contributed by atoms with Crippen LogP contribution in [-0.4, -0.2) is 46.2 Å². The maximum absolute atomic E-state index is 11.9. The molecule has 0 spiro atoms. The summed E-state index contributed by atoms with van der Waals surface area (Å²) in [6.07, 6.45) is 5.75. The Labute approximate surface area is 119 Å². The molecule has 1 saturated heterocycles. The average molecular weight is 278 g/mol. The number of nitrogens with one attached hydrogen (secondary N) is 1. The number of carbonyl (C=O) groups excluding carboxylic acids is 1. The van der Waals surface area contributed by atoms with Gasteiger partial charge in [-0.15, -0.1) is 0 Å². The number of anilines is 1. The summed E-state index contributed by atoms with van der Waals surface area (Å²) < 4.78 is 5.38. The maximum Gasteiger partial charge on any atom is 0.410 e. The van der Waals surface area contributed by atoms with E-state index in [1.165, 1.54) is 0 Å². The minimum atomic E-state index is -0.437. The molecule has 1 N–H and O–H groups in total. The number of hydrogen-bond donors (Lipinski definition) is 1. The first-order valence-corrected chi connectivity index (χ1v) is 6.92. The number of hydrogen-bond acceptors (Lipinski definition) is 5. The molecule has 0 unspecified atom stereocenters. The van der Waals surface area contributed by atoms with Crippen molar-refractivity contribution >= 4 is 11.9 Å². The highest BCUT2D eigenvalue weighted by Gasteiger charge is 2.29. The summed E-state index contributed by atoms with van der Waals surface area (Å²) >= 11 is 0. The van der Waals surface area contributed by atoms with Crippen LogP contribution in [0.2, 0.25) is 0 Å². The normalized spacial score (nSPS) is 18.9. The molecule has 0 aromatic carbocycles. The van der Waals surface area contributed by atoms with E-state index in [2.05, 4.69) is 15.3 Å². The quantitative estimate of drug-likeness (QED) is 0.917. The predicted octanol–water partition coefficient (Wildman–Crippen LogP) is 2.15. The van der Waals surface area contributed by atoms with E-state index < -0.39 is 5.60 Å². The van der Waals surface area contributed by atoms with E-state index in [4.69, 9.17) is 4.74 Å². The summed E-state index contributed by atoms with van der Waals surface area (Å²) in [5.74, 6) is 1.19. The van der Waals surface area contributed by atoms with Gasteiger partial charge < -0.3 is 15.0 Å². The van der Waals surface area contributed by atoms with E-state index in [9.17, 15) is 4.79 Å². The van der Waals surface area contributed by atoms with Crippen LogP contribution in [0, 0.1) is 5.92 Å². The molecule has 1 aromatic heterocycles. The van der Waals surface area contributed by atoms with Gasteiger partial charge in [-0.2, -0.15) is 0 Å². The van der Waals surface area contributed by atoms with Crippen LogP contribution in [0.5, 0.6) is 0 Å². The lowest BCUT2D eigenvalue weighted by Gasteiger charge is -2.24. The molecule has 2 heterocycles. The van der Waals surface area contributed by atoms with Crippen LogP contribution < -0.4 is 5.32 Å². The van der Waals surface area contributed by atoms with Gasteiger partial charge in [0.2, 0.25) is 0 Å². The lowest BCUT2D eigenvalue weighted by atomic mass is 10.1. The molecule has 2 rings (SSSR count). The molecule has 1 fully saturated rings. The van der Waals surface area contributed by atoms with Crippen molar-refractivity contribution in [2.75, 3.05) is 25.0 Å². The van der Waals surface area contributed by atoms with Gasteiger partial charge in [0.25, 0.3) is 0 Å². The zero-order chi connectivity index (χ0) is 14.6. The van der Waals surface area contributed by atoms with E-state index in [0.717, 1.165) is 31.9 Å². The molecule has 1 aliphatic rings. The van der Waals surface area contributed by atoms with Gasteiger partial charge in [-0.3, -0.25) is 4.98 Å². The third kappa shape index (κ3) is 4.36. The Morgan fingerprint density at radius 3 is 2.95 bits per heavy atom. The highest BCUT2D eigenvalue weighted by molar-refractivity contribution is 5.68. The minimum Gasteiger partial charge on any atom is -0.444 e. The number of ether oxygens (including phenoxy) is 1. The molecule has 0 saturated carbocycles. The van der Waals surface area contributed by atoms with Gasteiger partial charge in [0.15, 0.2) is 0 Å². The summed E-state index contributed by atoms with van der Waals surface area (Å²) in [4.78, 5) is 21.9. The van der Waals surface area contributed by atoms with E-state index in [0.29, 0.717) is 5.92 Å². The standard InChI is InChI=1S/C14H22N4O2/c1-14(2,3)20-13(19)18-7-4-11(10-18)8-17-12-9-15-5-6-16-12/h5-6,9,11H,4,7-8,10H2,1-3H3,(H,16,17)/t11-/m0/s1. The van der Waals surface area contributed by atoms with Crippen molar-refractivity contribution < 1.29 is 9.53 Å². The zero-order valence-corrected chi connectivity index (χ0v) is 12.3. The van der Waals surface area contributed by atoms with Crippen LogP contribution in [-0.2, 0) is 4.74 Å². The van der Waals surface area contributed by atoms with Crippen LogP contribution >= 0.6 is 0 Å². The second-order valence-electron chi connectivity index (χ2n) is 6.05. The molecule has 20 heavy (non-hydrogen) atoms. The first-order chi connectivity index (χ1) is 9.44. The number of rotatable bonds is 3. The number of amides is 1. The summed E-state index contributed by atoms with van der Waals surface area (Å²) in [7, 11) is 0. The average Bonchev–Trinajstić information content (AvgIpc) is 2.84. The highest BCUT2D eigenvalue weighted by atomic mass is 16.6. The van der Waals surface area contributed by atoms with Crippen LogP contribution in [0.4, 0.5) is 10.6 Å². The van der Waals surface area contributed by atoms with Crippen LogP contribution in [0.3, 0.4) is 0 Å². The highest BCUT2D eigenvalue weighted by Crippen LogP contribution is 2.19. The summed E-state index contributed by atoms with van der Waals surface area (Å²) in [5.41, 5.74) is -0.437. The Hall–Kier alpha value is -1.85. The molecule has 0 bridgehead atoms. The van der Waals surface area contributed by atoms with Gasteiger partial charge in [0, 0.05) is 32.0 Å². The molecule has 1 aliphatic heterocycles. The Balaban J connectivity index is 1.76. The molecule has 1 atom stereocenters. The summed E-state index contributed by atoms with van der Waals surface area (Å²) in [6.45, 7) is 7.91. The van der Waals surface area contributed by atoms with Crippen molar-refractivity contribution in [1.29, 1.82) is 0 Å². The second kappa shape index (κ2) is 6.07. The molecule has 1 amide bonds. The first kappa shape index (κ1) is 14.6. The fourth-order valence-electron chi connectivity index (χ4n) is 2.13. The van der Waals surface area contributed by atoms with Crippen molar-refractivity contribution in [3.8, 4) is 0 Å².